The summed E-state index contributed by atoms with van der Waals surface area (Å²) < 4.78 is 9.08. The number of nitrogens with zero attached hydrogens (tertiary/aromatic N) is 4. The molecule has 8 nitrogen and oxygen atoms in total. The predicted molar refractivity (Wildman–Crippen MR) is 135 cm³/mol. The lowest BCUT2D eigenvalue weighted by molar-refractivity contribution is -0.0675. The van der Waals surface area contributed by atoms with Gasteiger partial charge in [0.25, 0.3) is 0 Å². The fourth-order valence-electron chi connectivity index (χ4n) is 6.07. The molecule has 0 amide bonds. The number of halogens is 1. The molecule has 1 aliphatic heterocycles. The van der Waals surface area contributed by atoms with Crippen LogP contribution in [0.4, 0.5) is 5.82 Å². The van der Waals surface area contributed by atoms with Crippen molar-refractivity contribution >= 4 is 43.7 Å². The number of anilines is 1. The summed E-state index contributed by atoms with van der Waals surface area (Å²) in [6.45, 7) is 0. The zero-order valence-electron chi connectivity index (χ0n) is 19.0. The highest BCUT2D eigenvalue weighted by Crippen LogP contribution is 2.51. The van der Waals surface area contributed by atoms with Gasteiger partial charge in [0.1, 0.15) is 29.5 Å². The molecule has 3 aromatic heterocycles. The topological polar surface area (TPSA) is 119 Å². The minimum atomic E-state index is -1.29. The van der Waals surface area contributed by atoms with Crippen LogP contribution in [0.5, 0.6) is 0 Å². The molecule has 0 spiro atoms. The van der Waals surface area contributed by atoms with Gasteiger partial charge in [-0.15, -0.1) is 0 Å². The molecule has 0 radical (unpaired) electrons. The average molecular weight is 536 g/mol. The number of ether oxygens (including phenoxy) is 1. The molecule has 180 valence electrons. The van der Waals surface area contributed by atoms with Gasteiger partial charge < -0.3 is 25.3 Å². The molecule has 1 unspecified atom stereocenters. The van der Waals surface area contributed by atoms with Crippen molar-refractivity contribution in [2.45, 2.75) is 62.1 Å². The van der Waals surface area contributed by atoms with Crippen LogP contribution in [0.1, 0.15) is 49.1 Å². The maximum absolute atomic E-state index is 11.5. The van der Waals surface area contributed by atoms with Gasteiger partial charge in [0.05, 0.1) is 21.8 Å². The molecule has 3 aliphatic rings. The van der Waals surface area contributed by atoms with E-state index in [4.69, 9.17) is 10.5 Å². The lowest BCUT2D eigenvalue weighted by atomic mass is 9.90. The number of benzene rings is 1. The summed E-state index contributed by atoms with van der Waals surface area (Å²) in [5.74, 6) is 1.03. The van der Waals surface area contributed by atoms with Gasteiger partial charge in [0.2, 0.25) is 0 Å². The van der Waals surface area contributed by atoms with Crippen LogP contribution in [0.3, 0.4) is 0 Å². The molecular weight excluding hydrogens is 510 g/mol. The Kier molecular flexibility index (Phi) is 4.77. The maximum atomic E-state index is 11.5. The van der Waals surface area contributed by atoms with Crippen molar-refractivity contribution in [2.24, 2.45) is 5.92 Å². The van der Waals surface area contributed by atoms with Gasteiger partial charge in [-0.25, -0.2) is 15.0 Å². The molecule has 4 aromatic rings. The van der Waals surface area contributed by atoms with Crippen molar-refractivity contribution in [2.75, 3.05) is 5.73 Å². The Morgan fingerprint density at radius 3 is 2.86 bits per heavy atom. The standard InChI is InChI=1S/C26H26BrN5O3/c27-18-11-15-2-1-13(10-19(15)31-23(18)28)9-16-5-7-26(34)21(33)25(35-22(16)26)32-8-6-17-20(14-3-4-14)29-12-30-24(17)32/h1-2,6,8,10-12,14,16,21-22,25,33-34H,3-5,7,9H2,(H2,28,31)/t16-,21?,22+,25+,26-/m0/s1. The number of nitrogens with two attached hydrogens (primary N) is 1. The van der Waals surface area contributed by atoms with Crippen LogP contribution in [-0.4, -0.2) is 47.5 Å². The minimum absolute atomic E-state index is 0.0726. The molecular formula is C26H26BrN5O3. The van der Waals surface area contributed by atoms with Crippen LogP contribution in [0.2, 0.25) is 0 Å². The summed E-state index contributed by atoms with van der Waals surface area (Å²) in [6.07, 6.45) is 5.58. The number of aliphatic hydroxyl groups is 2. The van der Waals surface area contributed by atoms with E-state index in [1.54, 1.807) is 6.33 Å². The zero-order valence-corrected chi connectivity index (χ0v) is 20.6. The van der Waals surface area contributed by atoms with Crippen molar-refractivity contribution in [3.8, 4) is 0 Å². The maximum Gasteiger partial charge on any atom is 0.164 e. The summed E-state index contributed by atoms with van der Waals surface area (Å²) in [5, 5.41) is 24.8. The van der Waals surface area contributed by atoms with E-state index in [0.29, 0.717) is 18.2 Å². The van der Waals surface area contributed by atoms with E-state index in [2.05, 4.69) is 36.9 Å². The van der Waals surface area contributed by atoms with Crippen molar-refractivity contribution in [1.82, 2.24) is 19.5 Å². The summed E-state index contributed by atoms with van der Waals surface area (Å²) in [5.41, 5.74) is 8.45. The second-order valence-electron chi connectivity index (χ2n) is 10.3. The molecule has 1 aromatic carbocycles. The third-order valence-corrected chi connectivity index (χ3v) is 8.68. The first-order valence-electron chi connectivity index (χ1n) is 12.1. The summed E-state index contributed by atoms with van der Waals surface area (Å²) in [7, 11) is 0. The Morgan fingerprint density at radius 2 is 2.03 bits per heavy atom. The van der Waals surface area contributed by atoms with Crippen molar-refractivity contribution in [3.63, 3.8) is 0 Å². The predicted octanol–water partition coefficient (Wildman–Crippen LogP) is 3.84. The quantitative estimate of drug-likeness (QED) is 0.363. The van der Waals surface area contributed by atoms with Gasteiger partial charge in [0.15, 0.2) is 6.23 Å². The van der Waals surface area contributed by atoms with Gasteiger partial charge in [-0.2, -0.15) is 0 Å². The van der Waals surface area contributed by atoms with Crippen LogP contribution in [0, 0.1) is 5.92 Å². The van der Waals surface area contributed by atoms with Crippen LogP contribution >= 0.6 is 15.9 Å². The fraction of sp³-hybridized carbons (Fsp3) is 0.423. The molecule has 2 aliphatic carbocycles. The number of fused-ring (bicyclic) bond motifs is 3. The summed E-state index contributed by atoms with van der Waals surface area (Å²) >= 11 is 3.43. The van der Waals surface area contributed by atoms with Crippen LogP contribution in [0.15, 0.2) is 47.3 Å². The third-order valence-electron chi connectivity index (χ3n) is 8.04. The van der Waals surface area contributed by atoms with E-state index >= 15 is 0 Å². The molecule has 9 heteroatoms. The summed E-state index contributed by atoms with van der Waals surface area (Å²) in [4.78, 5) is 13.5. The van der Waals surface area contributed by atoms with E-state index in [1.807, 2.05) is 35.0 Å². The van der Waals surface area contributed by atoms with E-state index in [1.165, 1.54) is 0 Å². The smallest absolute Gasteiger partial charge is 0.164 e. The second kappa shape index (κ2) is 7.70. The van der Waals surface area contributed by atoms with Gasteiger partial charge in [-0.1, -0.05) is 12.1 Å². The van der Waals surface area contributed by atoms with E-state index in [-0.39, 0.29) is 5.92 Å². The number of aromatic nitrogens is 4. The monoisotopic (exact) mass is 535 g/mol. The SMILES string of the molecule is Nc1nc2cc(C[C@@H]3CC[C@]4(O)C(O)[C@H](n5ccc6c(C7CC7)ncnc65)O[C@H]34)ccc2cc1Br. The zero-order chi connectivity index (χ0) is 23.9. The molecule has 2 saturated carbocycles. The van der Waals surface area contributed by atoms with E-state index in [0.717, 1.165) is 63.3 Å². The van der Waals surface area contributed by atoms with Crippen LogP contribution in [0.25, 0.3) is 21.9 Å². The molecule has 1 saturated heterocycles. The number of rotatable bonds is 4. The van der Waals surface area contributed by atoms with Crippen molar-refractivity contribution in [1.29, 1.82) is 0 Å². The number of nitrogen functional groups attached to an aromatic ring is 1. The Labute approximate surface area is 210 Å². The lowest BCUT2D eigenvalue weighted by Crippen LogP contribution is -2.45. The highest BCUT2D eigenvalue weighted by atomic mass is 79.9. The Hall–Kier alpha value is -2.59. The fourth-order valence-corrected chi connectivity index (χ4v) is 6.41. The van der Waals surface area contributed by atoms with Crippen LogP contribution in [-0.2, 0) is 11.2 Å². The van der Waals surface area contributed by atoms with Crippen LogP contribution < -0.4 is 5.73 Å². The van der Waals surface area contributed by atoms with E-state index in [9.17, 15) is 10.2 Å². The summed E-state index contributed by atoms with van der Waals surface area (Å²) in [6, 6.07) is 10.1. The number of hydrogen-bond acceptors (Lipinski definition) is 7. The molecule has 3 fully saturated rings. The minimum Gasteiger partial charge on any atom is -0.385 e. The second-order valence-corrected chi connectivity index (χ2v) is 11.1. The largest absolute Gasteiger partial charge is 0.385 e. The highest BCUT2D eigenvalue weighted by Gasteiger charge is 2.61. The highest BCUT2D eigenvalue weighted by molar-refractivity contribution is 9.10. The lowest BCUT2D eigenvalue weighted by Gasteiger charge is -2.26. The first kappa shape index (κ1) is 21.7. The van der Waals surface area contributed by atoms with Crippen molar-refractivity contribution in [3.05, 3.63) is 58.6 Å². The first-order valence-corrected chi connectivity index (χ1v) is 12.9. The third kappa shape index (κ3) is 3.32. The van der Waals surface area contributed by atoms with Gasteiger partial charge in [0, 0.05) is 22.9 Å². The van der Waals surface area contributed by atoms with Gasteiger partial charge in [-0.3, -0.25) is 0 Å². The Morgan fingerprint density at radius 1 is 1.17 bits per heavy atom. The molecule has 7 rings (SSSR count). The molecule has 0 bridgehead atoms. The normalized spacial score (nSPS) is 30.4. The molecule has 4 heterocycles. The Bertz CT molecular complexity index is 1470. The van der Waals surface area contributed by atoms with E-state index < -0.39 is 24.0 Å². The number of aliphatic hydroxyl groups excluding tert-OH is 1. The number of hydrogen-bond donors (Lipinski definition) is 3. The first-order chi connectivity index (χ1) is 16.9. The van der Waals surface area contributed by atoms with Gasteiger partial charge >= 0.3 is 0 Å². The Balaban J connectivity index is 1.18. The molecule has 5 atom stereocenters. The number of pyridine rings is 1. The molecule has 4 N–H and O–H groups in total. The molecule has 35 heavy (non-hydrogen) atoms. The van der Waals surface area contributed by atoms with Crippen molar-refractivity contribution < 1.29 is 14.9 Å². The average Bonchev–Trinajstić information content (AvgIpc) is 3.46. The van der Waals surface area contributed by atoms with Gasteiger partial charge in [-0.05, 0) is 77.7 Å².